The Morgan fingerprint density at radius 3 is 2.85 bits per heavy atom. The summed E-state index contributed by atoms with van der Waals surface area (Å²) in [4.78, 5) is 13.5. The predicted octanol–water partition coefficient (Wildman–Crippen LogP) is 1.41. The standard InChI is InChI=1S/C9H16BrNO2/c1-3-7(6-13-2)11-5-4-8(10)9(11)12/h7-8H,3-6H2,1-2H3. The fraction of sp³-hybridized carbons (Fsp3) is 0.889. The SMILES string of the molecule is CCC(COC)N1CCC(Br)C1=O. The molecule has 4 heteroatoms. The number of likely N-dealkylation sites (tertiary alicyclic amines) is 1. The highest BCUT2D eigenvalue weighted by Crippen LogP contribution is 2.21. The summed E-state index contributed by atoms with van der Waals surface area (Å²) in [5.41, 5.74) is 0. The molecule has 1 amide bonds. The first-order valence-corrected chi connectivity index (χ1v) is 5.55. The molecule has 0 aromatic rings. The fourth-order valence-corrected chi connectivity index (χ4v) is 2.12. The van der Waals surface area contributed by atoms with Crippen LogP contribution in [0.1, 0.15) is 19.8 Å². The molecular formula is C9H16BrNO2. The number of carbonyl (C=O) groups excluding carboxylic acids is 1. The third kappa shape index (κ3) is 2.44. The van der Waals surface area contributed by atoms with Crippen LogP contribution in [0.4, 0.5) is 0 Å². The van der Waals surface area contributed by atoms with E-state index in [9.17, 15) is 4.79 Å². The lowest BCUT2D eigenvalue weighted by atomic mass is 10.2. The molecule has 0 bridgehead atoms. The van der Waals surface area contributed by atoms with Crippen molar-refractivity contribution >= 4 is 21.8 Å². The maximum absolute atomic E-state index is 11.6. The van der Waals surface area contributed by atoms with Crippen molar-refractivity contribution in [3.8, 4) is 0 Å². The monoisotopic (exact) mass is 249 g/mol. The van der Waals surface area contributed by atoms with Gasteiger partial charge in [0.15, 0.2) is 0 Å². The molecule has 1 rings (SSSR count). The van der Waals surface area contributed by atoms with Crippen LogP contribution in [-0.4, -0.2) is 41.9 Å². The summed E-state index contributed by atoms with van der Waals surface area (Å²) in [6, 6.07) is 0.250. The van der Waals surface area contributed by atoms with Gasteiger partial charge in [-0.3, -0.25) is 4.79 Å². The zero-order valence-electron chi connectivity index (χ0n) is 8.12. The lowest BCUT2D eigenvalue weighted by Crippen LogP contribution is -2.40. The van der Waals surface area contributed by atoms with E-state index in [0.29, 0.717) is 6.61 Å². The average Bonchev–Trinajstić information content (AvgIpc) is 2.45. The molecule has 13 heavy (non-hydrogen) atoms. The van der Waals surface area contributed by atoms with E-state index in [-0.39, 0.29) is 16.8 Å². The summed E-state index contributed by atoms with van der Waals surface area (Å²) < 4.78 is 5.08. The Labute approximate surface area is 87.6 Å². The van der Waals surface area contributed by atoms with Crippen LogP contribution in [0, 0.1) is 0 Å². The summed E-state index contributed by atoms with van der Waals surface area (Å²) in [5.74, 6) is 0.212. The van der Waals surface area contributed by atoms with Gasteiger partial charge in [0.1, 0.15) is 0 Å². The molecule has 2 unspecified atom stereocenters. The lowest BCUT2D eigenvalue weighted by Gasteiger charge is -2.26. The van der Waals surface area contributed by atoms with Crippen molar-refractivity contribution < 1.29 is 9.53 Å². The molecule has 1 aliphatic heterocycles. The molecule has 0 saturated carbocycles. The molecule has 0 radical (unpaired) electrons. The van der Waals surface area contributed by atoms with Gasteiger partial charge in [0.25, 0.3) is 0 Å². The highest BCUT2D eigenvalue weighted by molar-refractivity contribution is 9.10. The second-order valence-corrected chi connectivity index (χ2v) is 4.41. The van der Waals surface area contributed by atoms with Crippen molar-refractivity contribution in [1.29, 1.82) is 0 Å². The Bertz CT molecular complexity index is 186. The van der Waals surface area contributed by atoms with Gasteiger partial charge < -0.3 is 9.64 Å². The molecule has 0 aliphatic carbocycles. The Morgan fingerprint density at radius 2 is 2.46 bits per heavy atom. The highest BCUT2D eigenvalue weighted by Gasteiger charge is 2.33. The summed E-state index contributed by atoms with van der Waals surface area (Å²) in [5, 5.41) is 0. The van der Waals surface area contributed by atoms with E-state index in [1.54, 1.807) is 7.11 Å². The molecule has 0 N–H and O–H groups in total. The topological polar surface area (TPSA) is 29.5 Å². The minimum absolute atomic E-state index is 0.0263. The summed E-state index contributed by atoms with van der Waals surface area (Å²) in [6.07, 6.45) is 1.87. The van der Waals surface area contributed by atoms with Crippen molar-refractivity contribution in [3.63, 3.8) is 0 Å². The molecular weight excluding hydrogens is 234 g/mol. The Hall–Kier alpha value is -0.0900. The Kier molecular flexibility index (Phi) is 4.19. The third-order valence-corrected chi connectivity index (χ3v) is 3.30. The van der Waals surface area contributed by atoms with Crippen molar-refractivity contribution in [2.24, 2.45) is 0 Å². The van der Waals surface area contributed by atoms with E-state index >= 15 is 0 Å². The van der Waals surface area contributed by atoms with Gasteiger partial charge >= 0.3 is 0 Å². The summed E-state index contributed by atoms with van der Waals surface area (Å²) >= 11 is 3.36. The first-order chi connectivity index (χ1) is 6.20. The van der Waals surface area contributed by atoms with Crippen molar-refractivity contribution in [2.75, 3.05) is 20.3 Å². The first-order valence-electron chi connectivity index (χ1n) is 4.64. The van der Waals surface area contributed by atoms with Gasteiger partial charge in [0, 0.05) is 13.7 Å². The highest BCUT2D eigenvalue weighted by atomic mass is 79.9. The predicted molar refractivity (Wildman–Crippen MR) is 55.0 cm³/mol. The fourth-order valence-electron chi connectivity index (χ4n) is 1.65. The van der Waals surface area contributed by atoms with Gasteiger partial charge in [-0.15, -0.1) is 0 Å². The first kappa shape index (κ1) is 11.0. The van der Waals surface area contributed by atoms with E-state index < -0.39 is 0 Å². The van der Waals surface area contributed by atoms with Crippen LogP contribution in [0.5, 0.6) is 0 Å². The molecule has 1 fully saturated rings. The molecule has 0 spiro atoms. The van der Waals surface area contributed by atoms with Crippen LogP contribution in [0.2, 0.25) is 0 Å². The number of amides is 1. The van der Waals surface area contributed by atoms with Crippen LogP contribution in [0.3, 0.4) is 0 Å². The average molecular weight is 250 g/mol. The quantitative estimate of drug-likeness (QED) is 0.706. The summed E-state index contributed by atoms with van der Waals surface area (Å²) in [6.45, 7) is 3.58. The zero-order valence-corrected chi connectivity index (χ0v) is 9.71. The van der Waals surface area contributed by atoms with E-state index in [2.05, 4.69) is 22.9 Å². The molecule has 0 aromatic heterocycles. The largest absolute Gasteiger partial charge is 0.383 e. The van der Waals surface area contributed by atoms with Crippen LogP contribution >= 0.6 is 15.9 Å². The molecule has 3 nitrogen and oxygen atoms in total. The molecule has 1 aliphatic rings. The number of rotatable bonds is 4. The number of halogens is 1. The maximum Gasteiger partial charge on any atom is 0.236 e. The zero-order chi connectivity index (χ0) is 9.84. The smallest absolute Gasteiger partial charge is 0.236 e. The second-order valence-electron chi connectivity index (χ2n) is 3.31. The van der Waals surface area contributed by atoms with Crippen LogP contribution in [-0.2, 0) is 9.53 Å². The van der Waals surface area contributed by atoms with Crippen molar-refractivity contribution in [3.05, 3.63) is 0 Å². The van der Waals surface area contributed by atoms with Crippen LogP contribution in [0.25, 0.3) is 0 Å². The minimum atomic E-state index is 0.0263. The normalized spacial score (nSPS) is 25.3. The van der Waals surface area contributed by atoms with Gasteiger partial charge in [0.2, 0.25) is 5.91 Å². The number of hydrogen-bond acceptors (Lipinski definition) is 2. The van der Waals surface area contributed by atoms with Crippen molar-refractivity contribution in [2.45, 2.75) is 30.6 Å². The molecule has 0 aromatic carbocycles. The minimum Gasteiger partial charge on any atom is -0.383 e. The van der Waals surface area contributed by atoms with E-state index in [0.717, 1.165) is 19.4 Å². The number of ether oxygens (including phenoxy) is 1. The Morgan fingerprint density at radius 1 is 1.77 bits per heavy atom. The number of hydrogen-bond donors (Lipinski definition) is 0. The lowest BCUT2D eigenvalue weighted by molar-refractivity contribution is -0.130. The second kappa shape index (κ2) is 4.96. The van der Waals surface area contributed by atoms with Crippen LogP contribution in [0.15, 0.2) is 0 Å². The summed E-state index contributed by atoms with van der Waals surface area (Å²) in [7, 11) is 1.68. The number of methoxy groups -OCH3 is 1. The number of nitrogens with zero attached hydrogens (tertiary/aromatic N) is 1. The van der Waals surface area contributed by atoms with Gasteiger partial charge in [-0.25, -0.2) is 0 Å². The third-order valence-electron chi connectivity index (χ3n) is 2.45. The van der Waals surface area contributed by atoms with Gasteiger partial charge in [-0.05, 0) is 12.8 Å². The number of alkyl halides is 1. The molecule has 1 heterocycles. The number of carbonyl (C=O) groups is 1. The van der Waals surface area contributed by atoms with Gasteiger partial charge in [-0.2, -0.15) is 0 Å². The van der Waals surface area contributed by atoms with E-state index in [1.807, 2.05) is 4.90 Å². The van der Waals surface area contributed by atoms with Crippen molar-refractivity contribution in [1.82, 2.24) is 4.90 Å². The molecule has 2 atom stereocenters. The Balaban J connectivity index is 2.54. The van der Waals surface area contributed by atoms with Crippen LogP contribution < -0.4 is 0 Å². The van der Waals surface area contributed by atoms with Gasteiger partial charge in [-0.1, -0.05) is 22.9 Å². The maximum atomic E-state index is 11.6. The van der Waals surface area contributed by atoms with Gasteiger partial charge in [0.05, 0.1) is 17.5 Å². The molecule has 76 valence electrons. The van der Waals surface area contributed by atoms with E-state index in [1.165, 1.54) is 0 Å². The molecule has 1 saturated heterocycles. The van der Waals surface area contributed by atoms with E-state index in [4.69, 9.17) is 4.74 Å².